The van der Waals surface area contributed by atoms with Gasteiger partial charge in [0.1, 0.15) is 6.04 Å². The first-order chi connectivity index (χ1) is 12.1. The van der Waals surface area contributed by atoms with Crippen LogP contribution in [0.25, 0.3) is 0 Å². The number of aryl methyl sites for hydroxylation is 1. The van der Waals surface area contributed by atoms with Crippen molar-refractivity contribution in [2.24, 2.45) is 0 Å². The Bertz CT molecular complexity index is 775. The number of hydrogen-bond donors (Lipinski definition) is 0. The van der Waals surface area contributed by atoms with Gasteiger partial charge >= 0.3 is 0 Å². The lowest BCUT2D eigenvalue weighted by Gasteiger charge is -2.38. The van der Waals surface area contributed by atoms with Gasteiger partial charge < -0.3 is 19.1 Å². The number of aromatic nitrogens is 2. The number of morpholine rings is 1. The van der Waals surface area contributed by atoms with E-state index in [0.717, 1.165) is 18.7 Å². The molecule has 1 aromatic carbocycles. The first-order valence-electron chi connectivity index (χ1n) is 8.67. The average molecular weight is 342 g/mol. The monoisotopic (exact) mass is 342 g/mol. The zero-order valence-electron chi connectivity index (χ0n) is 14.5. The van der Waals surface area contributed by atoms with Crippen molar-refractivity contribution in [3.63, 3.8) is 0 Å². The highest BCUT2D eigenvalue weighted by Crippen LogP contribution is 2.31. The van der Waals surface area contributed by atoms with Crippen molar-refractivity contribution < 1.29 is 14.1 Å². The minimum absolute atomic E-state index is 0.0627. The fraction of sp³-hybridized carbons (Fsp3) is 0.500. The second-order valence-electron chi connectivity index (χ2n) is 6.59. The molecule has 1 saturated heterocycles. The highest BCUT2D eigenvalue weighted by Gasteiger charge is 2.38. The summed E-state index contributed by atoms with van der Waals surface area (Å²) in [5.74, 6) is 1.07. The molecule has 1 amide bonds. The molecule has 0 saturated carbocycles. The number of benzene rings is 1. The summed E-state index contributed by atoms with van der Waals surface area (Å²) >= 11 is 0. The van der Waals surface area contributed by atoms with Gasteiger partial charge in [-0.25, -0.2) is 0 Å². The summed E-state index contributed by atoms with van der Waals surface area (Å²) < 4.78 is 11.1. The fourth-order valence-corrected chi connectivity index (χ4v) is 3.69. The van der Waals surface area contributed by atoms with Gasteiger partial charge in [-0.05, 0) is 31.9 Å². The van der Waals surface area contributed by atoms with Gasteiger partial charge in [0.05, 0.1) is 19.3 Å². The zero-order chi connectivity index (χ0) is 17.4. The predicted molar refractivity (Wildman–Crippen MR) is 91.3 cm³/mol. The first kappa shape index (κ1) is 16.1. The van der Waals surface area contributed by atoms with Crippen molar-refractivity contribution in [2.45, 2.75) is 32.4 Å². The third-order valence-electron chi connectivity index (χ3n) is 4.92. The van der Waals surface area contributed by atoms with Crippen LogP contribution in [-0.4, -0.2) is 53.3 Å². The van der Waals surface area contributed by atoms with Crippen molar-refractivity contribution in [1.82, 2.24) is 15.0 Å². The van der Waals surface area contributed by atoms with Crippen LogP contribution in [0.3, 0.4) is 0 Å². The lowest BCUT2D eigenvalue weighted by Crippen LogP contribution is -2.50. The number of fused-ring (bicyclic) bond motifs is 1. The van der Waals surface area contributed by atoms with Gasteiger partial charge in [0.25, 0.3) is 5.89 Å². The normalized spacial score (nSPS) is 23.0. The van der Waals surface area contributed by atoms with Gasteiger partial charge in [0.2, 0.25) is 5.91 Å². The summed E-state index contributed by atoms with van der Waals surface area (Å²) in [5.41, 5.74) is 2.46. The molecule has 0 N–H and O–H groups in total. The second kappa shape index (κ2) is 6.48. The smallest absolute Gasteiger partial charge is 0.252 e. The molecule has 4 rings (SSSR count). The SMILES string of the molecule is Cc1noc([C@@H]2[C@@H](C)OCCN2C(=O)CN2CCc3ccccc32)n1. The highest BCUT2D eigenvalue weighted by atomic mass is 16.5. The van der Waals surface area contributed by atoms with Crippen molar-refractivity contribution in [1.29, 1.82) is 0 Å². The molecule has 1 aromatic heterocycles. The first-order valence-corrected chi connectivity index (χ1v) is 8.67. The van der Waals surface area contributed by atoms with Crippen LogP contribution in [0.5, 0.6) is 0 Å². The molecular formula is C18H22N4O3. The summed E-state index contributed by atoms with van der Waals surface area (Å²) in [4.78, 5) is 21.3. The third-order valence-corrected chi connectivity index (χ3v) is 4.92. The third kappa shape index (κ3) is 3.00. The van der Waals surface area contributed by atoms with Gasteiger partial charge in [-0.3, -0.25) is 4.79 Å². The van der Waals surface area contributed by atoms with Crippen LogP contribution in [-0.2, 0) is 16.0 Å². The van der Waals surface area contributed by atoms with E-state index in [0.29, 0.717) is 31.4 Å². The van der Waals surface area contributed by atoms with Gasteiger partial charge in [-0.1, -0.05) is 23.4 Å². The van der Waals surface area contributed by atoms with Crippen LogP contribution in [0.4, 0.5) is 5.69 Å². The van der Waals surface area contributed by atoms with E-state index >= 15 is 0 Å². The number of hydrogen-bond acceptors (Lipinski definition) is 6. The molecule has 2 aliphatic heterocycles. The van der Waals surface area contributed by atoms with Gasteiger partial charge in [-0.2, -0.15) is 4.98 Å². The van der Waals surface area contributed by atoms with Crippen molar-refractivity contribution in [3.8, 4) is 0 Å². The van der Waals surface area contributed by atoms with E-state index in [2.05, 4.69) is 27.2 Å². The number of carbonyl (C=O) groups is 1. The minimum Gasteiger partial charge on any atom is -0.374 e. The Hall–Kier alpha value is -2.41. The molecule has 0 unspecified atom stereocenters. The van der Waals surface area contributed by atoms with E-state index in [1.807, 2.05) is 24.0 Å². The number of anilines is 1. The number of para-hydroxylation sites is 1. The Kier molecular flexibility index (Phi) is 4.17. The van der Waals surface area contributed by atoms with Crippen molar-refractivity contribution in [3.05, 3.63) is 41.5 Å². The molecule has 2 aromatic rings. The van der Waals surface area contributed by atoms with Crippen LogP contribution in [0.1, 0.15) is 30.2 Å². The van der Waals surface area contributed by atoms with Gasteiger partial charge in [0, 0.05) is 18.8 Å². The summed E-state index contributed by atoms with van der Waals surface area (Å²) in [7, 11) is 0. The number of nitrogens with zero attached hydrogens (tertiary/aromatic N) is 4. The maximum absolute atomic E-state index is 13.0. The quantitative estimate of drug-likeness (QED) is 0.846. The topological polar surface area (TPSA) is 71.7 Å². The molecule has 132 valence electrons. The Morgan fingerprint density at radius 2 is 2.16 bits per heavy atom. The van der Waals surface area contributed by atoms with E-state index in [1.165, 1.54) is 5.56 Å². The van der Waals surface area contributed by atoms with Crippen molar-refractivity contribution in [2.75, 3.05) is 31.1 Å². The van der Waals surface area contributed by atoms with Crippen LogP contribution in [0.2, 0.25) is 0 Å². The van der Waals surface area contributed by atoms with E-state index < -0.39 is 0 Å². The lowest BCUT2D eigenvalue weighted by molar-refractivity contribution is -0.146. The molecule has 7 nitrogen and oxygen atoms in total. The number of rotatable bonds is 3. The van der Waals surface area contributed by atoms with Crippen molar-refractivity contribution >= 4 is 11.6 Å². The van der Waals surface area contributed by atoms with Crippen LogP contribution in [0.15, 0.2) is 28.8 Å². The Morgan fingerprint density at radius 1 is 1.32 bits per heavy atom. The predicted octanol–water partition coefficient (Wildman–Crippen LogP) is 1.73. The number of carbonyl (C=O) groups excluding carboxylic acids is 1. The molecule has 2 atom stereocenters. The van der Waals surface area contributed by atoms with E-state index in [-0.39, 0.29) is 18.1 Å². The standard InChI is InChI=1S/C18H22N4O3/c1-12-17(18-19-13(2)20-25-18)22(9-10-24-12)16(23)11-21-8-7-14-5-3-4-6-15(14)21/h3-6,12,17H,7-11H2,1-2H3/t12-,17+/m1/s1. The Morgan fingerprint density at radius 3 is 2.96 bits per heavy atom. The molecule has 7 heteroatoms. The molecule has 2 aliphatic rings. The second-order valence-corrected chi connectivity index (χ2v) is 6.59. The van der Waals surface area contributed by atoms with E-state index in [9.17, 15) is 4.79 Å². The molecule has 3 heterocycles. The van der Waals surface area contributed by atoms with Crippen LogP contribution < -0.4 is 4.90 Å². The maximum Gasteiger partial charge on any atom is 0.252 e. The zero-order valence-corrected chi connectivity index (χ0v) is 14.5. The number of amides is 1. The summed E-state index contributed by atoms with van der Waals surface area (Å²) in [6.07, 6.45) is 0.804. The molecule has 1 fully saturated rings. The Balaban J connectivity index is 1.54. The van der Waals surface area contributed by atoms with E-state index in [4.69, 9.17) is 9.26 Å². The summed E-state index contributed by atoms with van der Waals surface area (Å²) in [6, 6.07) is 7.93. The van der Waals surface area contributed by atoms with E-state index in [1.54, 1.807) is 6.92 Å². The number of ether oxygens (including phenoxy) is 1. The largest absolute Gasteiger partial charge is 0.374 e. The highest BCUT2D eigenvalue weighted by molar-refractivity contribution is 5.83. The molecule has 0 spiro atoms. The Labute approximate surface area is 146 Å². The van der Waals surface area contributed by atoms with Gasteiger partial charge in [-0.15, -0.1) is 0 Å². The van der Waals surface area contributed by atoms with Crippen LogP contribution >= 0.6 is 0 Å². The molecule has 25 heavy (non-hydrogen) atoms. The molecule has 0 bridgehead atoms. The molecular weight excluding hydrogens is 320 g/mol. The van der Waals surface area contributed by atoms with Crippen LogP contribution in [0, 0.1) is 6.92 Å². The summed E-state index contributed by atoms with van der Waals surface area (Å²) in [5, 5.41) is 3.86. The molecule has 0 radical (unpaired) electrons. The van der Waals surface area contributed by atoms with Gasteiger partial charge in [0.15, 0.2) is 5.82 Å². The average Bonchev–Trinajstić information content (AvgIpc) is 3.21. The lowest BCUT2D eigenvalue weighted by atomic mass is 10.1. The summed E-state index contributed by atoms with van der Waals surface area (Å²) in [6.45, 7) is 5.99. The fourth-order valence-electron chi connectivity index (χ4n) is 3.69. The maximum atomic E-state index is 13.0. The molecule has 0 aliphatic carbocycles. The minimum atomic E-state index is -0.333.